The molecule has 1 aromatic carbocycles. The van der Waals surface area contributed by atoms with Gasteiger partial charge >= 0.3 is 0 Å². The normalized spacial score (nSPS) is 9.96. The third-order valence-corrected chi connectivity index (χ3v) is 3.41. The first-order valence-corrected chi connectivity index (χ1v) is 8.06. The van der Waals surface area contributed by atoms with Crippen LogP contribution in [0.3, 0.4) is 0 Å². The molecule has 0 aliphatic rings. The van der Waals surface area contributed by atoms with E-state index in [1.807, 2.05) is 19.1 Å². The van der Waals surface area contributed by atoms with Crippen LogP contribution in [0.5, 0.6) is 11.5 Å². The van der Waals surface area contributed by atoms with Gasteiger partial charge in [0.15, 0.2) is 0 Å². The van der Waals surface area contributed by atoms with E-state index in [2.05, 4.69) is 11.8 Å². The summed E-state index contributed by atoms with van der Waals surface area (Å²) >= 11 is 11.1. The van der Waals surface area contributed by atoms with Gasteiger partial charge in [0.1, 0.15) is 22.6 Å². The Labute approximate surface area is 154 Å². The number of hydrogen-bond donors (Lipinski definition) is 1. The van der Waals surface area contributed by atoms with Gasteiger partial charge in [-0.25, -0.2) is 5.90 Å². The fourth-order valence-electron chi connectivity index (χ4n) is 2.03. The molecule has 2 N–H and O–H groups in total. The second kappa shape index (κ2) is 12.7. The van der Waals surface area contributed by atoms with Crippen molar-refractivity contribution in [2.24, 2.45) is 5.90 Å². The Morgan fingerprint density at radius 3 is 2.48 bits per heavy atom. The molecule has 0 fully saturated rings. The Morgan fingerprint density at radius 1 is 1.17 bits per heavy atom. The van der Waals surface area contributed by atoms with Crippen LogP contribution in [0.15, 0.2) is 22.7 Å². The average molecular weight is 385 g/mol. The van der Waals surface area contributed by atoms with Gasteiger partial charge in [-0.15, -0.1) is 12.4 Å². The number of hydrogen-bond acceptors (Lipinski definition) is 4. The molecular weight excluding hydrogens is 361 g/mol. The van der Waals surface area contributed by atoms with Crippen LogP contribution < -0.4 is 15.4 Å². The van der Waals surface area contributed by atoms with E-state index in [9.17, 15) is 0 Å². The molecule has 0 aliphatic heterocycles. The largest absolute Gasteiger partial charge is 0.493 e. The van der Waals surface area contributed by atoms with E-state index in [-0.39, 0.29) is 16.9 Å². The van der Waals surface area contributed by atoms with Crippen LogP contribution in [0.25, 0.3) is 0 Å². The number of rotatable bonds is 10. The van der Waals surface area contributed by atoms with Crippen molar-refractivity contribution >= 4 is 35.6 Å². The van der Waals surface area contributed by atoms with Gasteiger partial charge in [0.2, 0.25) is 0 Å². The van der Waals surface area contributed by atoms with Gasteiger partial charge < -0.3 is 14.3 Å². The van der Waals surface area contributed by atoms with Crippen molar-refractivity contribution in [3.8, 4) is 11.5 Å². The summed E-state index contributed by atoms with van der Waals surface area (Å²) in [5, 5.41) is 0. The minimum absolute atomic E-state index is 0. The molecule has 23 heavy (non-hydrogen) atoms. The maximum Gasteiger partial charge on any atom is 0.125 e. The first-order chi connectivity index (χ1) is 10.6. The molecule has 1 aromatic rings. The van der Waals surface area contributed by atoms with Crippen LogP contribution in [0.4, 0.5) is 0 Å². The summed E-state index contributed by atoms with van der Waals surface area (Å²) in [5.74, 6) is 6.70. The first-order valence-electron chi connectivity index (χ1n) is 7.30. The van der Waals surface area contributed by atoms with Crippen molar-refractivity contribution in [3.05, 3.63) is 33.8 Å². The molecule has 0 unspecified atom stereocenters. The minimum atomic E-state index is 0. The van der Waals surface area contributed by atoms with Crippen molar-refractivity contribution in [2.45, 2.75) is 33.1 Å². The van der Waals surface area contributed by atoms with Crippen LogP contribution in [0.1, 0.15) is 30.9 Å². The van der Waals surface area contributed by atoms with Gasteiger partial charge in [0.05, 0.1) is 13.2 Å². The van der Waals surface area contributed by atoms with E-state index >= 15 is 0 Å². The summed E-state index contributed by atoms with van der Waals surface area (Å²) in [4.78, 5) is 4.54. The third kappa shape index (κ3) is 8.68. The maximum absolute atomic E-state index is 5.90. The number of aryl methyl sites for hydroxylation is 2. The van der Waals surface area contributed by atoms with Gasteiger partial charge in [-0.1, -0.05) is 30.1 Å². The summed E-state index contributed by atoms with van der Waals surface area (Å²) in [6.45, 7) is 5.62. The van der Waals surface area contributed by atoms with E-state index in [0.29, 0.717) is 19.8 Å². The predicted octanol–water partition coefficient (Wildman–Crippen LogP) is 4.73. The Kier molecular flexibility index (Phi) is 12.4. The lowest BCUT2D eigenvalue weighted by Gasteiger charge is -2.15. The van der Waals surface area contributed by atoms with Crippen molar-refractivity contribution < 1.29 is 14.3 Å². The Hall–Kier alpha value is -0.650. The predicted molar refractivity (Wildman–Crippen MR) is 98.0 cm³/mol. The Bertz CT molecular complexity index is 492. The SMILES string of the molecule is CCc1cc(OCC=C(Cl)Cl)cc(C)c1OCCCCON.Cl. The van der Waals surface area contributed by atoms with Crippen molar-refractivity contribution in [2.75, 3.05) is 19.8 Å². The molecule has 0 atom stereocenters. The summed E-state index contributed by atoms with van der Waals surface area (Å²) in [6, 6.07) is 3.94. The third-order valence-electron chi connectivity index (χ3n) is 3.10. The summed E-state index contributed by atoms with van der Waals surface area (Å²) < 4.78 is 11.7. The highest BCUT2D eigenvalue weighted by Crippen LogP contribution is 2.30. The highest BCUT2D eigenvalue weighted by Gasteiger charge is 2.09. The van der Waals surface area contributed by atoms with Gasteiger partial charge in [-0.3, -0.25) is 0 Å². The molecule has 0 saturated heterocycles. The quantitative estimate of drug-likeness (QED) is 0.468. The lowest BCUT2D eigenvalue weighted by molar-refractivity contribution is 0.129. The standard InChI is InChI=1S/C16H23Cl2NO3.ClH/c1-3-13-11-14(20-9-6-15(17)18)10-12(2)16(13)21-7-4-5-8-22-19;/h6,10-11H,3-5,7-9,19H2,1-2H3;1H. The van der Waals surface area contributed by atoms with Crippen LogP contribution in [-0.4, -0.2) is 19.8 Å². The molecule has 0 amide bonds. The molecule has 1 rings (SSSR count). The molecule has 132 valence electrons. The number of unbranched alkanes of at least 4 members (excludes halogenated alkanes) is 1. The highest BCUT2D eigenvalue weighted by atomic mass is 35.5. The smallest absolute Gasteiger partial charge is 0.125 e. The fourth-order valence-corrected chi connectivity index (χ4v) is 2.15. The van der Waals surface area contributed by atoms with Crippen LogP contribution in [0.2, 0.25) is 0 Å². The van der Waals surface area contributed by atoms with E-state index in [4.69, 9.17) is 38.6 Å². The van der Waals surface area contributed by atoms with Crippen molar-refractivity contribution in [3.63, 3.8) is 0 Å². The number of halogens is 3. The van der Waals surface area contributed by atoms with Crippen LogP contribution >= 0.6 is 35.6 Å². The lowest BCUT2D eigenvalue weighted by Crippen LogP contribution is -2.06. The van der Waals surface area contributed by atoms with E-state index in [1.54, 1.807) is 6.08 Å². The molecule has 0 saturated carbocycles. The highest BCUT2D eigenvalue weighted by molar-refractivity contribution is 6.55. The van der Waals surface area contributed by atoms with E-state index in [1.165, 1.54) is 0 Å². The van der Waals surface area contributed by atoms with Gasteiger partial charge in [0.25, 0.3) is 0 Å². The molecule has 4 nitrogen and oxygen atoms in total. The molecule has 0 aromatic heterocycles. The Balaban J connectivity index is 0.00000484. The Morgan fingerprint density at radius 2 is 1.87 bits per heavy atom. The number of benzene rings is 1. The van der Waals surface area contributed by atoms with Crippen LogP contribution in [0, 0.1) is 6.92 Å². The summed E-state index contributed by atoms with van der Waals surface area (Å²) in [6.07, 6.45) is 4.25. The minimum Gasteiger partial charge on any atom is -0.493 e. The van der Waals surface area contributed by atoms with Gasteiger partial charge in [-0.2, -0.15) is 0 Å². The van der Waals surface area contributed by atoms with Crippen LogP contribution in [-0.2, 0) is 11.3 Å². The average Bonchev–Trinajstić information content (AvgIpc) is 2.48. The van der Waals surface area contributed by atoms with Gasteiger partial charge in [-0.05, 0) is 55.5 Å². The molecule has 0 heterocycles. The molecule has 0 aliphatic carbocycles. The topological polar surface area (TPSA) is 53.7 Å². The van der Waals surface area contributed by atoms with Crippen molar-refractivity contribution in [1.82, 2.24) is 0 Å². The number of nitrogens with two attached hydrogens (primary N) is 1. The second-order valence-electron chi connectivity index (χ2n) is 4.81. The molecular formula is C16H24Cl3NO3. The zero-order valence-electron chi connectivity index (χ0n) is 13.4. The summed E-state index contributed by atoms with van der Waals surface area (Å²) in [7, 11) is 0. The zero-order valence-corrected chi connectivity index (χ0v) is 15.8. The molecule has 0 bridgehead atoms. The van der Waals surface area contributed by atoms with E-state index in [0.717, 1.165) is 41.9 Å². The van der Waals surface area contributed by atoms with Gasteiger partial charge in [0, 0.05) is 0 Å². The molecule has 0 radical (unpaired) electrons. The maximum atomic E-state index is 5.90. The summed E-state index contributed by atoms with van der Waals surface area (Å²) in [5.41, 5.74) is 2.16. The fraction of sp³-hybridized carbons (Fsp3) is 0.500. The van der Waals surface area contributed by atoms with Crippen molar-refractivity contribution in [1.29, 1.82) is 0 Å². The molecule has 7 heteroatoms. The zero-order chi connectivity index (χ0) is 16.4. The lowest BCUT2D eigenvalue weighted by atomic mass is 10.1. The monoisotopic (exact) mass is 383 g/mol. The second-order valence-corrected chi connectivity index (χ2v) is 5.82. The van der Waals surface area contributed by atoms with E-state index < -0.39 is 0 Å². The first kappa shape index (κ1) is 22.4. The number of ether oxygens (including phenoxy) is 2. The molecule has 0 spiro atoms.